The number of hydrogen-bond acceptors (Lipinski definition) is 2. The van der Waals surface area contributed by atoms with E-state index < -0.39 is 17.3 Å². The molecule has 0 heterocycles. The molecule has 0 saturated carbocycles. The summed E-state index contributed by atoms with van der Waals surface area (Å²) in [7, 11) is 0. The summed E-state index contributed by atoms with van der Waals surface area (Å²) in [6.07, 6.45) is 1.59. The summed E-state index contributed by atoms with van der Waals surface area (Å²) >= 11 is 0. The van der Waals surface area contributed by atoms with E-state index in [0.717, 1.165) is 17.2 Å². The van der Waals surface area contributed by atoms with Crippen LogP contribution in [0.4, 0.5) is 8.78 Å². The lowest BCUT2D eigenvalue weighted by Gasteiger charge is -2.40. The molecular weight excluding hydrogens is 298 g/mol. The lowest BCUT2D eigenvalue weighted by molar-refractivity contribution is -0.175. The maximum absolute atomic E-state index is 14.7. The molecule has 23 heavy (non-hydrogen) atoms. The van der Waals surface area contributed by atoms with E-state index in [-0.39, 0.29) is 18.6 Å². The summed E-state index contributed by atoms with van der Waals surface area (Å²) in [6.45, 7) is 3.56. The van der Waals surface area contributed by atoms with E-state index in [2.05, 4.69) is 0 Å². The van der Waals surface area contributed by atoms with Gasteiger partial charge in [-0.2, -0.15) is 8.78 Å². The Balaban J connectivity index is 2.11. The maximum atomic E-state index is 14.7. The third-order valence-corrected chi connectivity index (χ3v) is 4.67. The predicted molar refractivity (Wildman–Crippen MR) is 86.2 cm³/mol. The molecule has 0 radical (unpaired) electrons. The monoisotopic (exact) mass is 318 g/mol. The Kier molecular flexibility index (Phi) is 3.96. The van der Waals surface area contributed by atoms with Gasteiger partial charge in [0.05, 0.1) is 0 Å². The van der Waals surface area contributed by atoms with Gasteiger partial charge in [0.2, 0.25) is 5.78 Å². The zero-order valence-corrected chi connectivity index (χ0v) is 13.4. The average Bonchev–Trinajstić information content (AvgIpc) is 2.53. The minimum Gasteiger partial charge on any atom is -0.368 e. The number of unbranched alkanes of at least 4 members (excludes halogenated alkanes) is 1. The van der Waals surface area contributed by atoms with Gasteiger partial charge in [-0.25, -0.2) is 0 Å². The van der Waals surface area contributed by atoms with Gasteiger partial charge in [-0.15, -0.1) is 0 Å². The van der Waals surface area contributed by atoms with Crippen LogP contribution in [0.15, 0.2) is 36.4 Å². The van der Waals surface area contributed by atoms with E-state index in [1.54, 1.807) is 6.07 Å². The zero-order chi connectivity index (χ0) is 16.7. The van der Waals surface area contributed by atoms with Crippen molar-refractivity contribution in [1.29, 1.82) is 0 Å². The quantitative estimate of drug-likeness (QED) is 0.758. The van der Waals surface area contributed by atoms with E-state index >= 15 is 0 Å². The van der Waals surface area contributed by atoms with Gasteiger partial charge in [0.25, 0.3) is 0 Å². The van der Waals surface area contributed by atoms with Crippen LogP contribution in [0.2, 0.25) is 0 Å². The number of fused-ring (bicyclic) bond motifs is 3. The number of alkyl halides is 2. The standard InChI is InChI=1S/C19H20F2O2/c1-3-4-11-23-18(2)12-16-14-8-6-5-7-13(14)9-10-15(16)17(22)19(18,20)21/h5-10H,3-4,11-12H2,1-2H3. The molecule has 0 aliphatic heterocycles. The Labute approximate surface area is 134 Å². The van der Waals surface area contributed by atoms with E-state index in [4.69, 9.17) is 4.74 Å². The lowest BCUT2D eigenvalue weighted by Crippen LogP contribution is -2.57. The summed E-state index contributed by atoms with van der Waals surface area (Å²) in [5.41, 5.74) is -1.01. The van der Waals surface area contributed by atoms with E-state index in [1.807, 2.05) is 31.2 Å². The molecule has 1 aliphatic carbocycles. The molecule has 0 N–H and O–H groups in total. The van der Waals surface area contributed by atoms with E-state index in [1.165, 1.54) is 13.0 Å². The van der Waals surface area contributed by atoms with E-state index in [0.29, 0.717) is 12.0 Å². The third-order valence-electron chi connectivity index (χ3n) is 4.67. The highest BCUT2D eigenvalue weighted by Gasteiger charge is 2.60. The van der Waals surface area contributed by atoms with Gasteiger partial charge in [-0.1, -0.05) is 49.7 Å². The van der Waals surface area contributed by atoms with Crippen molar-refractivity contribution < 1.29 is 18.3 Å². The molecule has 1 unspecified atom stereocenters. The van der Waals surface area contributed by atoms with Crippen LogP contribution >= 0.6 is 0 Å². The minimum atomic E-state index is -3.52. The predicted octanol–water partition coefficient (Wildman–Crippen LogP) is 4.79. The molecule has 0 bridgehead atoms. The molecule has 0 fully saturated rings. The number of rotatable bonds is 4. The van der Waals surface area contributed by atoms with Crippen LogP contribution < -0.4 is 0 Å². The smallest absolute Gasteiger partial charge is 0.337 e. The van der Waals surface area contributed by atoms with Crippen molar-refractivity contribution >= 4 is 16.6 Å². The molecule has 0 spiro atoms. The normalized spacial score (nSPS) is 23.0. The molecule has 2 aromatic carbocycles. The molecule has 0 aromatic heterocycles. The van der Waals surface area contributed by atoms with Crippen molar-refractivity contribution in [2.45, 2.75) is 44.6 Å². The molecule has 122 valence electrons. The van der Waals surface area contributed by atoms with Gasteiger partial charge in [0.15, 0.2) is 0 Å². The highest BCUT2D eigenvalue weighted by molar-refractivity contribution is 6.08. The van der Waals surface area contributed by atoms with Crippen molar-refractivity contribution in [1.82, 2.24) is 0 Å². The van der Waals surface area contributed by atoms with E-state index in [9.17, 15) is 13.6 Å². The van der Waals surface area contributed by atoms with Crippen LogP contribution in [0, 0.1) is 0 Å². The molecule has 0 amide bonds. The lowest BCUT2D eigenvalue weighted by atomic mass is 9.76. The molecular formula is C19H20F2O2. The van der Waals surface area contributed by atoms with Gasteiger partial charge in [0.1, 0.15) is 5.60 Å². The van der Waals surface area contributed by atoms with Crippen LogP contribution in [0.3, 0.4) is 0 Å². The second-order valence-corrected chi connectivity index (χ2v) is 6.33. The SMILES string of the molecule is CCCCOC1(C)Cc2c(ccc3ccccc23)C(=O)C1(F)F. The Hall–Kier alpha value is -1.81. The summed E-state index contributed by atoms with van der Waals surface area (Å²) < 4.78 is 34.9. The molecule has 0 saturated heterocycles. The Morgan fingerprint density at radius 1 is 1.17 bits per heavy atom. The van der Waals surface area contributed by atoms with Crippen LogP contribution in [0.25, 0.3) is 10.8 Å². The highest BCUT2D eigenvalue weighted by atomic mass is 19.3. The summed E-state index contributed by atoms with van der Waals surface area (Å²) in [5, 5.41) is 1.79. The third kappa shape index (κ3) is 2.45. The van der Waals surface area contributed by atoms with Gasteiger partial charge in [-0.3, -0.25) is 4.79 Å². The van der Waals surface area contributed by atoms with Crippen molar-refractivity contribution in [2.24, 2.45) is 0 Å². The maximum Gasteiger partial charge on any atom is 0.337 e. The average molecular weight is 318 g/mol. The second-order valence-electron chi connectivity index (χ2n) is 6.33. The van der Waals surface area contributed by atoms with Crippen molar-refractivity contribution in [2.75, 3.05) is 6.61 Å². The van der Waals surface area contributed by atoms with Crippen LogP contribution in [-0.4, -0.2) is 23.9 Å². The number of hydrogen-bond donors (Lipinski definition) is 0. The van der Waals surface area contributed by atoms with Crippen molar-refractivity contribution in [3.05, 3.63) is 47.5 Å². The number of ether oxygens (including phenoxy) is 1. The first-order chi connectivity index (χ1) is 10.9. The van der Waals surface area contributed by atoms with Gasteiger partial charge >= 0.3 is 5.92 Å². The summed E-state index contributed by atoms with van der Waals surface area (Å²) in [6, 6.07) is 10.8. The zero-order valence-electron chi connectivity index (χ0n) is 13.4. The van der Waals surface area contributed by atoms with Gasteiger partial charge < -0.3 is 4.74 Å². The number of benzene rings is 2. The first-order valence-electron chi connectivity index (χ1n) is 7.98. The number of ketones is 1. The second kappa shape index (κ2) is 5.68. The fourth-order valence-electron chi connectivity index (χ4n) is 3.18. The van der Waals surface area contributed by atoms with Crippen molar-refractivity contribution in [3.8, 4) is 0 Å². The Morgan fingerprint density at radius 3 is 2.65 bits per heavy atom. The topological polar surface area (TPSA) is 26.3 Å². The van der Waals surface area contributed by atoms with Gasteiger partial charge in [-0.05, 0) is 29.7 Å². The first kappa shape index (κ1) is 16.1. The summed E-state index contributed by atoms with van der Waals surface area (Å²) in [5.74, 6) is -4.65. The molecule has 1 aliphatic rings. The first-order valence-corrected chi connectivity index (χ1v) is 7.98. The highest BCUT2D eigenvalue weighted by Crippen LogP contribution is 2.44. The van der Waals surface area contributed by atoms with Gasteiger partial charge in [0, 0.05) is 18.6 Å². The summed E-state index contributed by atoms with van der Waals surface area (Å²) in [4.78, 5) is 12.4. The van der Waals surface area contributed by atoms with Crippen LogP contribution in [-0.2, 0) is 11.2 Å². The fourth-order valence-corrected chi connectivity index (χ4v) is 3.18. The van der Waals surface area contributed by atoms with Crippen LogP contribution in [0.5, 0.6) is 0 Å². The number of carbonyl (C=O) groups is 1. The molecule has 1 atom stereocenters. The minimum absolute atomic E-state index is 0.0339. The molecule has 4 heteroatoms. The van der Waals surface area contributed by atoms with Crippen LogP contribution in [0.1, 0.15) is 42.6 Å². The Bertz CT molecular complexity index is 754. The number of halogens is 2. The number of Topliss-reactive ketones (excluding diaryl/α,β-unsaturated/α-hetero) is 1. The van der Waals surface area contributed by atoms with Crippen molar-refractivity contribution in [3.63, 3.8) is 0 Å². The fraction of sp³-hybridized carbons (Fsp3) is 0.421. The molecule has 2 aromatic rings. The largest absolute Gasteiger partial charge is 0.368 e. The molecule has 2 nitrogen and oxygen atoms in total. The molecule has 3 rings (SSSR count). The number of carbonyl (C=O) groups excluding carboxylic acids is 1. The Morgan fingerprint density at radius 2 is 1.91 bits per heavy atom.